The van der Waals surface area contributed by atoms with E-state index in [1.165, 1.54) is 0 Å². The molecule has 0 saturated heterocycles. The number of amides is 1. The SMILES string of the molecule is CCCOc1c(Cl)cc(C(=O)Nc2ccccc2N(C)C)cc1OCC. The highest BCUT2D eigenvalue weighted by Gasteiger charge is 2.17. The van der Waals surface area contributed by atoms with Crippen molar-refractivity contribution in [1.29, 1.82) is 0 Å². The first kappa shape index (κ1) is 19.9. The third kappa shape index (κ3) is 4.82. The number of para-hydroxylation sites is 2. The van der Waals surface area contributed by atoms with Gasteiger partial charge >= 0.3 is 0 Å². The van der Waals surface area contributed by atoms with E-state index < -0.39 is 0 Å². The summed E-state index contributed by atoms with van der Waals surface area (Å²) in [7, 11) is 3.85. The molecule has 0 aliphatic heterocycles. The number of ether oxygens (including phenoxy) is 2. The van der Waals surface area contributed by atoms with E-state index >= 15 is 0 Å². The van der Waals surface area contributed by atoms with E-state index in [-0.39, 0.29) is 5.91 Å². The molecule has 0 fully saturated rings. The largest absolute Gasteiger partial charge is 0.490 e. The van der Waals surface area contributed by atoms with Gasteiger partial charge in [0.15, 0.2) is 11.5 Å². The molecule has 0 unspecified atom stereocenters. The molecule has 2 aromatic rings. The fraction of sp³-hybridized carbons (Fsp3) is 0.350. The third-order valence-corrected chi connectivity index (χ3v) is 3.94. The molecular weight excluding hydrogens is 352 g/mol. The zero-order valence-electron chi connectivity index (χ0n) is 15.6. The van der Waals surface area contributed by atoms with Gasteiger partial charge in [-0.05, 0) is 37.6 Å². The van der Waals surface area contributed by atoms with Gasteiger partial charge < -0.3 is 19.7 Å². The first-order valence-electron chi connectivity index (χ1n) is 8.64. The predicted molar refractivity (Wildman–Crippen MR) is 107 cm³/mol. The highest BCUT2D eigenvalue weighted by atomic mass is 35.5. The van der Waals surface area contributed by atoms with E-state index in [4.69, 9.17) is 21.1 Å². The predicted octanol–water partition coefficient (Wildman–Crippen LogP) is 4.85. The Morgan fingerprint density at radius 2 is 1.88 bits per heavy atom. The molecule has 0 saturated carbocycles. The molecule has 1 N–H and O–H groups in total. The maximum atomic E-state index is 12.7. The van der Waals surface area contributed by atoms with E-state index in [1.54, 1.807) is 12.1 Å². The second-order valence-electron chi connectivity index (χ2n) is 5.93. The van der Waals surface area contributed by atoms with Gasteiger partial charge in [0.2, 0.25) is 0 Å². The maximum absolute atomic E-state index is 12.7. The number of nitrogens with zero attached hydrogens (tertiary/aromatic N) is 1. The fourth-order valence-corrected chi connectivity index (χ4v) is 2.74. The summed E-state index contributed by atoms with van der Waals surface area (Å²) in [5, 5.41) is 3.29. The molecule has 0 aliphatic rings. The molecule has 2 rings (SSSR count). The van der Waals surface area contributed by atoms with Gasteiger partial charge in [0.25, 0.3) is 5.91 Å². The van der Waals surface area contributed by atoms with Crippen molar-refractivity contribution in [3.8, 4) is 11.5 Å². The highest BCUT2D eigenvalue weighted by molar-refractivity contribution is 6.32. The van der Waals surface area contributed by atoms with Crippen LogP contribution in [0.5, 0.6) is 11.5 Å². The highest BCUT2D eigenvalue weighted by Crippen LogP contribution is 2.37. The van der Waals surface area contributed by atoms with Crippen molar-refractivity contribution < 1.29 is 14.3 Å². The van der Waals surface area contributed by atoms with Crippen LogP contribution in [0.25, 0.3) is 0 Å². The van der Waals surface area contributed by atoms with Crippen molar-refractivity contribution >= 4 is 28.9 Å². The van der Waals surface area contributed by atoms with Gasteiger partial charge in [0.05, 0.1) is 29.6 Å². The lowest BCUT2D eigenvalue weighted by Crippen LogP contribution is -2.17. The van der Waals surface area contributed by atoms with Gasteiger partial charge in [0.1, 0.15) is 0 Å². The Labute approximate surface area is 159 Å². The van der Waals surface area contributed by atoms with Crippen LogP contribution < -0.4 is 19.7 Å². The molecule has 0 heterocycles. The normalized spacial score (nSPS) is 10.3. The first-order chi connectivity index (χ1) is 12.5. The fourth-order valence-electron chi connectivity index (χ4n) is 2.47. The van der Waals surface area contributed by atoms with E-state index in [0.717, 1.165) is 17.8 Å². The van der Waals surface area contributed by atoms with Crippen LogP contribution in [0.2, 0.25) is 5.02 Å². The van der Waals surface area contributed by atoms with E-state index in [1.807, 2.05) is 57.1 Å². The number of benzene rings is 2. The van der Waals surface area contributed by atoms with Crippen molar-refractivity contribution in [2.75, 3.05) is 37.5 Å². The number of anilines is 2. The number of hydrogen-bond acceptors (Lipinski definition) is 4. The lowest BCUT2D eigenvalue weighted by molar-refractivity contribution is 0.102. The number of carbonyl (C=O) groups is 1. The average molecular weight is 377 g/mol. The minimum atomic E-state index is -0.260. The summed E-state index contributed by atoms with van der Waals surface area (Å²) in [4.78, 5) is 14.7. The van der Waals surface area contributed by atoms with E-state index in [2.05, 4.69) is 5.32 Å². The van der Waals surface area contributed by atoms with Crippen LogP contribution in [0.15, 0.2) is 36.4 Å². The zero-order valence-corrected chi connectivity index (χ0v) is 16.4. The second-order valence-corrected chi connectivity index (χ2v) is 6.34. The van der Waals surface area contributed by atoms with Crippen LogP contribution in [0, 0.1) is 0 Å². The van der Waals surface area contributed by atoms with Crippen LogP contribution in [0.1, 0.15) is 30.6 Å². The number of hydrogen-bond donors (Lipinski definition) is 1. The Bertz CT molecular complexity index is 763. The molecule has 0 spiro atoms. The topological polar surface area (TPSA) is 50.8 Å². The molecule has 2 aromatic carbocycles. The van der Waals surface area contributed by atoms with Crippen molar-refractivity contribution in [1.82, 2.24) is 0 Å². The number of halogens is 1. The van der Waals surface area contributed by atoms with Crippen molar-refractivity contribution in [3.63, 3.8) is 0 Å². The molecule has 140 valence electrons. The molecule has 26 heavy (non-hydrogen) atoms. The molecule has 5 nitrogen and oxygen atoms in total. The van der Waals surface area contributed by atoms with Crippen molar-refractivity contribution in [3.05, 3.63) is 47.0 Å². The quantitative estimate of drug-likeness (QED) is 0.715. The standard InChI is InChI=1S/C20H25ClN2O3/c1-5-11-26-19-15(21)12-14(13-18(19)25-6-2)20(24)22-16-9-7-8-10-17(16)23(3)4/h7-10,12-13H,5-6,11H2,1-4H3,(H,22,24). The third-order valence-electron chi connectivity index (χ3n) is 3.66. The average Bonchev–Trinajstić information content (AvgIpc) is 2.61. The Morgan fingerprint density at radius 3 is 2.54 bits per heavy atom. The minimum absolute atomic E-state index is 0.260. The molecule has 0 aliphatic carbocycles. The monoisotopic (exact) mass is 376 g/mol. The number of rotatable bonds is 8. The van der Waals surface area contributed by atoms with Crippen molar-refractivity contribution in [2.24, 2.45) is 0 Å². The van der Waals surface area contributed by atoms with Crippen LogP contribution in [0.3, 0.4) is 0 Å². The number of carbonyl (C=O) groups excluding carboxylic acids is 1. The smallest absolute Gasteiger partial charge is 0.255 e. The molecule has 0 bridgehead atoms. The molecule has 0 atom stereocenters. The molecular formula is C20H25ClN2O3. The minimum Gasteiger partial charge on any atom is -0.490 e. The summed E-state index contributed by atoms with van der Waals surface area (Å²) in [6.07, 6.45) is 0.853. The Balaban J connectivity index is 2.32. The summed E-state index contributed by atoms with van der Waals surface area (Å²) in [5.41, 5.74) is 2.05. The van der Waals surface area contributed by atoms with Gasteiger partial charge in [-0.15, -0.1) is 0 Å². The molecule has 0 aromatic heterocycles. The van der Waals surface area contributed by atoms with Gasteiger partial charge in [-0.25, -0.2) is 0 Å². The van der Waals surface area contributed by atoms with Crippen LogP contribution in [-0.4, -0.2) is 33.2 Å². The van der Waals surface area contributed by atoms with Gasteiger partial charge in [0, 0.05) is 19.7 Å². The Hall–Kier alpha value is -2.40. The lowest BCUT2D eigenvalue weighted by Gasteiger charge is -2.18. The zero-order chi connectivity index (χ0) is 19.1. The Morgan fingerprint density at radius 1 is 1.15 bits per heavy atom. The summed E-state index contributed by atoms with van der Waals surface area (Å²) in [6.45, 7) is 4.87. The van der Waals surface area contributed by atoms with Crippen molar-refractivity contribution in [2.45, 2.75) is 20.3 Å². The second kappa shape index (κ2) is 9.34. The first-order valence-corrected chi connectivity index (χ1v) is 9.02. The van der Waals surface area contributed by atoms with Crippen LogP contribution >= 0.6 is 11.6 Å². The lowest BCUT2D eigenvalue weighted by atomic mass is 10.1. The van der Waals surface area contributed by atoms with Gasteiger partial charge in [-0.3, -0.25) is 4.79 Å². The summed E-state index contributed by atoms with van der Waals surface area (Å²) < 4.78 is 11.3. The van der Waals surface area contributed by atoms with Crippen LogP contribution in [0.4, 0.5) is 11.4 Å². The molecule has 0 radical (unpaired) electrons. The van der Waals surface area contributed by atoms with Crippen LogP contribution in [-0.2, 0) is 0 Å². The summed E-state index contributed by atoms with van der Waals surface area (Å²) >= 11 is 6.34. The maximum Gasteiger partial charge on any atom is 0.255 e. The Kier molecular flexibility index (Phi) is 7.16. The van der Waals surface area contributed by atoms with E-state index in [0.29, 0.717) is 35.3 Å². The van der Waals surface area contributed by atoms with Gasteiger partial charge in [-0.1, -0.05) is 30.7 Å². The van der Waals surface area contributed by atoms with E-state index in [9.17, 15) is 4.79 Å². The summed E-state index contributed by atoms with van der Waals surface area (Å²) in [5.74, 6) is 0.685. The summed E-state index contributed by atoms with van der Waals surface area (Å²) in [6, 6.07) is 10.9. The number of nitrogens with one attached hydrogen (secondary N) is 1. The van der Waals surface area contributed by atoms with Gasteiger partial charge in [-0.2, -0.15) is 0 Å². The molecule has 1 amide bonds. The molecule has 6 heteroatoms.